The van der Waals surface area contributed by atoms with Crippen LogP contribution >= 0.6 is 0 Å². The molecule has 1 aliphatic heterocycles. The Morgan fingerprint density at radius 3 is 2.37 bits per heavy atom. The highest BCUT2D eigenvalue weighted by Crippen LogP contribution is 2.53. The summed E-state index contributed by atoms with van der Waals surface area (Å²) in [7, 11) is 1.67. The lowest BCUT2D eigenvalue weighted by atomic mass is 9.64. The van der Waals surface area contributed by atoms with Gasteiger partial charge in [0.25, 0.3) is 0 Å². The Morgan fingerprint density at radius 2 is 1.74 bits per heavy atom. The minimum absolute atomic E-state index is 0.0476. The third-order valence-electron chi connectivity index (χ3n) is 6.36. The van der Waals surface area contributed by atoms with Gasteiger partial charge in [-0.25, -0.2) is 0 Å². The zero-order chi connectivity index (χ0) is 19.0. The Balaban J connectivity index is 1.98. The van der Waals surface area contributed by atoms with Gasteiger partial charge < -0.3 is 15.2 Å². The van der Waals surface area contributed by atoms with Gasteiger partial charge in [0.1, 0.15) is 16.9 Å². The van der Waals surface area contributed by atoms with Crippen molar-refractivity contribution in [1.82, 2.24) is 0 Å². The first kappa shape index (κ1) is 17.9. The van der Waals surface area contributed by atoms with E-state index in [1.807, 2.05) is 31.2 Å². The van der Waals surface area contributed by atoms with Gasteiger partial charge >= 0.3 is 0 Å². The number of phenols is 1. The van der Waals surface area contributed by atoms with E-state index >= 15 is 0 Å². The average molecular weight is 365 g/mol. The minimum atomic E-state index is -0.729. The van der Waals surface area contributed by atoms with Crippen LogP contribution in [0.2, 0.25) is 0 Å². The third kappa shape index (κ3) is 2.78. The molecule has 0 spiro atoms. The van der Waals surface area contributed by atoms with Gasteiger partial charge in [-0.3, -0.25) is 4.79 Å². The second kappa shape index (κ2) is 6.91. The van der Waals surface area contributed by atoms with Crippen molar-refractivity contribution in [1.29, 1.82) is 0 Å². The van der Waals surface area contributed by atoms with Crippen molar-refractivity contribution in [3.8, 4) is 11.5 Å². The van der Waals surface area contributed by atoms with E-state index in [9.17, 15) is 9.90 Å². The minimum Gasteiger partial charge on any atom is -0.508 e. The lowest BCUT2D eigenvalue weighted by molar-refractivity contribution is -0.121. The summed E-state index contributed by atoms with van der Waals surface area (Å²) in [6, 6.07) is 11.2. The predicted octanol–water partition coefficient (Wildman–Crippen LogP) is 4.92. The summed E-state index contributed by atoms with van der Waals surface area (Å²) >= 11 is 0. The summed E-state index contributed by atoms with van der Waals surface area (Å²) in [5, 5.41) is 13.0. The van der Waals surface area contributed by atoms with Gasteiger partial charge in [0.15, 0.2) is 0 Å². The standard InChI is InChI=1S/C23H27NO3/c1-15-13-19(27-2)14-20-21(15)24-22(26)23(20,16-7-5-3-4-6-8-16)17-9-11-18(25)12-10-17/h9-14,16,25H,3-8H2,1-2H3,(H,24,26). The number of phenolic OH excluding ortho intramolecular Hbond substituents is 1. The number of carbonyl (C=O) groups is 1. The maximum atomic E-state index is 13.6. The summed E-state index contributed by atoms with van der Waals surface area (Å²) in [5.74, 6) is 1.28. The number of aryl methyl sites for hydroxylation is 1. The topological polar surface area (TPSA) is 58.6 Å². The van der Waals surface area contributed by atoms with Crippen molar-refractivity contribution in [3.63, 3.8) is 0 Å². The van der Waals surface area contributed by atoms with E-state index < -0.39 is 5.41 Å². The van der Waals surface area contributed by atoms with Crippen LogP contribution in [0.15, 0.2) is 36.4 Å². The molecule has 1 fully saturated rings. The van der Waals surface area contributed by atoms with E-state index in [0.717, 1.165) is 53.8 Å². The molecule has 2 aromatic rings. The fourth-order valence-corrected chi connectivity index (χ4v) is 5.05. The fourth-order valence-electron chi connectivity index (χ4n) is 5.05. The Morgan fingerprint density at radius 1 is 1.07 bits per heavy atom. The molecule has 4 heteroatoms. The normalized spacial score (nSPS) is 22.8. The first-order valence-electron chi connectivity index (χ1n) is 9.87. The second-order valence-corrected chi connectivity index (χ2v) is 7.86. The first-order chi connectivity index (χ1) is 13.1. The number of rotatable bonds is 3. The van der Waals surface area contributed by atoms with E-state index in [-0.39, 0.29) is 17.6 Å². The van der Waals surface area contributed by atoms with E-state index in [0.29, 0.717) is 0 Å². The number of nitrogens with one attached hydrogen (secondary N) is 1. The molecular formula is C23H27NO3. The van der Waals surface area contributed by atoms with Crippen LogP contribution in [0.5, 0.6) is 11.5 Å². The summed E-state index contributed by atoms with van der Waals surface area (Å²) in [6.45, 7) is 2.02. The van der Waals surface area contributed by atoms with Crippen LogP contribution in [0.1, 0.15) is 55.2 Å². The number of hydrogen-bond acceptors (Lipinski definition) is 3. The Bertz CT molecular complexity index is 851. The van der Waals surface area contributed by atoms with Gasteiger partial charge in [-0.2, -0.15) is 0 Å². The molecule has 2 aliphatic rings. The molecule has 4 rings (SSSR count). The number of fused-ring (bicyclic) bond motifs is 1. The molecule has 1 aliphatic carbocycles. The molecular weight excluding hydrogens is 338 g/mol. The maximum absolute atomic E-state index is 13.6. The third-order valence-corrected chi connectivity index (χ3v) is 6.36. The monoisotopic (exact) mass is 365 g/mol. The van der Waals surface area contributed by atoms with Crippen LogP contribution < -0.4 is 10.1 Å². The predicted molar refractivity (Wildman–Crippen MR) is 106 cm³/mol. The van der Waals surface area contributed by atoms with Crippen molar-refractivity contribution in [3.05, 3.63) is 53.1 Å². The number of methoxy groups -OCH3 is 1. The number of amides is 1. The number of anilines is 1. The fraction of sp³-hybridized carbons (Fsp3) is 0.435. The van der Waals surface area contributed by atoms with E-state index in [1.54, 1.807) is 19.2 Å². The highest BCUT2D eigenvalue weighted by Gasteiger charge is 2.53. The molecule has 0 aromatic heterocycles. The van der Waals surface area contributed by atoms with Gasteiger partial charge in [-0.15, -0.1) is 0 Å². The van der Waals surface area contributed by atoms with Crippen LogP contribution in [0, 0.1) is 12.8 Å². The van der Waals surface area contributed by atoms with Gasteiger partial charge in [0.05, 0.1) is 7.11 Å². The number of aromatic hydroxyl groups is 1. The summed E-state index contributed by atoms with van der Waals surface area (Å²) in [5.41, 5.74) is 3.18. The maximum Gasteiger partial charge on any atom is 0.239 e. The lowest BCUT2D eigenvalue weighted by Crippen LogP contribution is -2.43. The molecule has 27 heavy (non-hydrogen) atoms. The quantitative estimate of drug-likeness (QED) is 0.759. The average Bonchev–Trinajstić information content (AvgIpc) is 2.82. The number of carbonyl (C=O) groups excluding carboxylic acids is 1. The molecule has 1 amide bonds. The van der Waals surface area contributed by atoms with Crippen LogP contribution in [-0.2, 0) is 10.2 Å². The van der Waals surface area contributed by atoms with Gasteiger partial charge in [-0.05, 0) is 66.6 Å². The lowest BCUT2D eigenvalue weighted by Gasteiger charge is -2.36. The van der Waals surface area contributed by atoms with E-state index in [2.05, 4.69) is 5.32 Å². The molecule has 1 saturated carbocycles. The Kier molecular flexibility index (Phi) is 4.58. The van der Waals surface area contributed by atoms with Crippen LogP contribution in [0.4, 0.5) is 5.69 Å². The molecule has 4 nitrogen and oxygen atoms in total. The second-order valence-electron chi connectivity index (χ2n) is 7.86. The highest BCUT2D eigenvalue weighted by molar-refractivity contribution is 6.10. The van der Waals surface area contributed by atoms with Crippen molar-refractivity contribution < 1.29 is 14.6 Å². The van der Waals surface area contributed by atoms with E-state index in [1.165, 1.54) is 12.8 Å². The Hall–Kier alpha value is -2.49. The summed E-state index contributed by atoms with van der Waals surface area (Å²) in [6.07, 6.45) is 6.82. The zero-order valence-electron chi connectivity index (χ0n) is 16.0. The van der Waals surface area contributed by atoms with Gasteiger partial charge in [0, 0.05) is 5.69 Å². The van der Waals surface area contributed by atoms with E-state index in [4.69, 9.17) is 4.74 Å². The van der Waals surface area contributed by atoms with Crippen molar-refractivity contribution in [2.75, 3.05) is 12.4 Å². The van der Waals surface area contributed by atoms with Crippen molar-refractivity contribution in [2.45, 2.75) is 50.9 Å². The Labute approximate surface area is 160 Å². The van der Waals surface area contributed by atoms with Crippen molar-refractivity contribution in [2.24, 2.45) is 5.92 Å². The molecule has 0 bridgehead atoms. The number of ether oxygens (including phenoxy) is 1. The molecule has 2 N–H and O–H groups in total. The van der Waals surface area contributed by atoms with Gasteiger partial charge in [-0.1, -0.05) is 37.8 Å². The highest BCUT2D eigenvalue weighted by atomic mass is 16.5. The number of hydrogen-bond donors (Lipinski definition) is 2. The SMILES string of the molecule is COc1cc(C)c2c(c1)C(c1ccc(O)cc1)(C1CCCCCC1)C(=O)N2. The molecule has 1 unspecified atom stereocenters. The van der Waals surface area contributed by atoms with Crippen molar-refractivity contribution >= 4 is 11.6 Å². The molecule has 2 aromatic carbocycles. The smallest absolute Gasteiger partial charge is 0.239 e. The van der Waals surface area contributed by atoms with Crippen LogP contribution in [0.3, 0.4) is 0 Å². The first-order valence-corrected chi connectivity index (χ1v) is 9.87. The summed E-state index contributed by atoms with van der Waals surface area (Å²) < 4.78 is 5.54. The molecule has 1 atom stereocenters. The number of benzene rings is 2. The summed E-state index contributed by atoms with van der Waals surface area (Å²) in [4.78, 5) is 13.6. The largest absolute Gasteiger partial charge is 0.508 e. The molecule has 0 saturated heterocycles. The van der Waals surface area contributed by atoms with Gasteiger partial charge in [0.2, 0.25) is 5.91 Å². The molecule has 0 radical (unpaired) electrons. The zero-order valence-corrected chi connectivity index (χ0v) is 16.0. The van der Waals surface area contributed by atoms with Crippen LogP contribution in [-0.4, -0.2) is 18.1 Å². The molecule has 1 heterocycles. The van der Waals surface area contributed by atoms with Crippen LogP contribution in [0.25, 0.3) is 0 Å². The molecule has 142 valence electrons.